The minimum Gasteiger partial charge on any atom is -0.494 e. The molecule has 106 valence electrons. The highest BCUT2D eigenvalue weighted by Gasteiger charge is 2.13. The Morgan fingerprint density at radius 3 is 2.74 bits per heavy atom. The van der Waals surface area contributed by atoms with Crippen LogP contribution in [0.15, 0.2) is 18.2 Å². The maximum Gasteiger partial charge on any atom is 0.304 e. The number of carboxylic acid groups (broad SMARTS) is 1. The SMILES string of the molecule is COc1ccc(CCN(C)C(C)CC(=O)O)cc1F. The Morgan fingerprint density at radius 1 is 1.53 bits per heavy atom. The van der Waals surface area contributed by atoms with Crippen LogP contribution in [0, 0.1) is 5.82 Å². The maximum absolute atomic E-state index is 13.5. The molecular weight excluding hydrogens is 249 g/mol. The van der Waals surface area contributed by atoms with Gasteiger partial charge < -0.3 is 14.7 Å². The van der Waals surface area contributed by atoms with Crippen LogP contribution in [0.4, 0.5) is 4.39 Å². The summed E-state index contributed by atoms with van der Waals surface area (Å²) in [6.07, 6.45) is 0.773. The summed E-state index contributed by atoms with van der Waals surface area (Å²) in [7, 11) is 3.30. The van der Waals surface area contributed by atoms with Gasteiger partial charge in [-0.05, 0) is 38.1 Å². The minimum atomic E-state index is -0.810. The van der Waals surface area contributed by atoms with Gasteiger partial charge in [0.25, 0.3) is 0 Å². The normalized spacial score (nSPS) is 12.5. The van der Waals surface area contributed by atoms with Gasteiger partial charge in [-0.15, -0.1) is 0 Å². The molecule has 0 saturated carbocycles. The molecule has 0 amide bonds. The summed E-state index contributed by atoms with van der Waals surface area (Å²) in [6.45, 7) is 2.54. The highest BCUT2D eigenvalue weighted by molar-refractivity contribution is 5.67. The largest absolute Gasteiger partial charge is 0.494 e. The van der Waals surface area contributed by atoms with E-state index in [9.17, 15) is 9.18 Å². The molecule has 0 bridgehead atoms. The standard InChI is InChI=1S/C14H20FNO3/c1-10(8-14(17)18)16(2)7-6-11-4-5-13(19-3)12(15)9-11/h4-5,9-10H,6-8H2,1-3H3,(H,17,18). The summed E-state index contributed by atoms with van der Waals surface area (Å²) < 4.78 is 18.3. The van der Waals surface area contributed by atoms with Crippen molar-refractivity contribution in [1.82, 2.24) is 4.90 Å². The molecule has 0 aliphatic heterocycles. The first-order chi connectivity index (χ1) is 8.93. The van der Waals surface area contributed by atoms with Gasteiger partial charge in [0.05, 0.1) is 13.5 Å². The molecule has 0 fully saturated rings. The van der Waals surface area contributed by atoms with Crippen molar-refractivity contribution in [2.24, 2.45) is 0 Å². The summed E-state index contributed by atoms with van der Waals surface area (Å²) >= 11 is 0. The Labute approximate surface area is 112 Å². The molecule has 0 spiro atoms. The third-order valence-corrected chi connectivity index (χ3v) is 3.19. The minimum absolute atomic E-state index is 0.0411. The number of carboxylic acids is 1. The Balaban J connectivity index is 2.52. The van der Waals surface area contributed by atoms with E-state index in [0.717, 1.165) is 5.56 Å². The molecule has 0 aliphatic carbocycles. The predicted molar refractivity (Wildman–Crippen MR) is 71.0 cm³/mol. The van der Waals surface area contributed by atoms with Crippen LogP contribution in [0.2, 0.25) is 0 Å². The Kier molecular flexibility index (Phi) is 5.76. The molecular formula is C14H20FNO3. The molecule has 1 aromatic rings. The first-order valence-corrected chi connectivity index (χ1v) is 6.18. The number of hydrogen-bond acceptors (Lipinski definition) is 3. The van der Waals surface area contributed by atoms with Crippen molar-refractivity contribution in [3.05, 3.63) is 29.6 Å². The molecule has 19 heavy (non-hydrogen) atoms. The third-order valence-electron chi connectivity index (χ3n) is 3.19. The Morgan fingerprint density at radius 2 is 2.21 bits per heavy atom. The molecule has 5 heteroatoms. The molecule has 0 radical (unpaired) electrons. The lowest BCUT2D eigenvalue weighted by molar-refractivity contribution is -0.138. The Hall–Kier alpha value is -1.62. The van der Waals surface area contributed by atoms with Crippen LogP contribution in [0.3, 0.4) is 0 Å². The topological polar surface area (TPSA) is 49.8 Å². The molecule has 0 aliphatic rings. The maximum atomic E-state index is 13.5. The van der Waals surface area contributed by atoms with Crippen molar-refractivity contribution in [2.45, 2.75) is 25.8 Å². The van der Waals surface area contributed by atoms with E-state index in [1.807, 2.05) is 24.9 Å². The lowest BCUT2D eigenvalue weighted by Crippen LogP contribution is -2.32. The summed E-state index contributed by atoms with van der Waals surface area (Å²) in [5.74, 6) is -0.951. The summed E-state index contributed by atoms with van der Waals surface area (Å²) in [4.78, 5) is 12.6. The fraction of sp³-hybridized carbons (Fsp3) is 0.500. The van der Waals surface area contributed by atoms with Crippen LogP contribution in [-0.2, 0) is 11.2 Å². The second kappa shape index (κ2) is 7.09. The van der Waals surface area contributed by atoms with Crippen LogP contribution < -0.4 is 4.74 Å². The van der Waals surface area contributed by atoms with E-state index in [-0.39, 0.29) is 24.0 Å². The predicted octanol–water partition coefficient (Wildman–Crippen LogP) is 2.17. The number of methoxy groups -OCH3 is 1. The first-order valence-electron chi connectivity index (χ1n) is 6.18. The van der Waals surface area contributed by atoms with Gasteiger partial charge in [0.2, 0.25) is 0 Å². The number of benzene rings is 1. The molecule has 1 N–H and O–H groups in total. The lowest BCUT2D eigenvalue weighted by atomic mass is 10.1. The van der Waals surface area contributed by atoms with Crippen molar-refractivity contribution in [2.75, 3.05) is 20.7 Å². The van der Waals surface area contributed by atoms with Crippen LogP contribution >= 0.6 is 0 Å². The molecule has 4 nitrogen and oxygen atoms in total. The van der Waals surface area contributed by atoms with Crippen molar-refractivity contribution in [1.29, 1.82) is 0 Å². The fourth-order valence-corrected chi connectivity index (χ4v) is 1.80. The number of hydrogen-bond donors (Lipinski definition) is 1. The monoisotopic (exact) mass is 269 g/mol. The zero-order chi connectivity index (χ0) is 14.4. The van der Waals surface area contributed by atoms with Crippen LogP contribution in [0.1, 0.15) is 18.9 Å². The van der Waals surface area contributed by atoms with E-state index >= 15 is 0 Å². The first kappa shape index (κ1) is 15.4. The summed E-state index contributed by atoms with van der Waals surface area (Å²) in [6, 6.07) is 4.83. The second-order valence-electron chi connectivity index (χ2n) is 4.65. The van der Waals surface area contributed by atoms with Gasteiger partial charge >= 0.3 is 5.97 Å². The summed E-state index contributed by atoms with van der Waals surface area (Å²) in [5.41, 5.74) is 0.868. The van der Waals surface area contributed by atoms with E-state index < -0.39 is 5.97 Å². The average molecular weight is 269 g/mol. The zero-order valence-corrected chi connectivity index (χ0v) is 11.5. The van der Waals surface area contributed by atoms with Gasteiger partial charge in [-0.1, -0.05) is 6.07 Å². The van der Waals surface area contributed by atoms with Crippen molar-refractivity contribution >= 4 is 5.97 Å². The van der Waals surface area contributed by atoms with E-state index in [4.69, 9.17) is 9.84 Å². The van der Waals surface area contributed by atoms with Gasteiger partial charge in [0.1, 0.15) is 0 Å². The van der Waals surface area contributed by atoms with E-state index in [2.05, 4.69) is 0 Å². The van der Waals surface area contributed by atoms with E-state index in [0.29, 0.717) is 13.0 Å². The van der Waals surface area contributed by atoms with Gasteiger partial charge in [-0.2, -0.15) is 0 Å². The average Bonchev–Trinajstić information content (AvgIpc) is 2.35. The number of carbonyl (C=O) groups is 1. The van der Waals surface area contributed by atoms with Crippen molar-refractivity contribution < 1.29 is 19.0 Å². The van der Waals surface area contributed by atoms with Gasteiger partial charge in [0.15, 0.2) is 11.6 Å². The van der Waals surface area contributed by atoms with Crippen LogP contribution in [-0.4, -0.2) is 42.7 Å². The lowest BCUT2D eigenvalue weighted by Gasteiger charge is -2.23. The highest BCUT2D eigenvalue weighted by atomic mass is 19.1. The van der Waals surface area contributed by atoms with E-state index in [1.54, 1.807) is 6.07 Å². The van der Waals surface area contributed by atoms with Crippen molar-refractivity contribution in [3.63, 3.8) is 0 Å². The molecule has 1 atom stereocenters. The third kappa shape index (κ3) is 4.87. The molecule has 0 heterocycles. The summed E-state index contributed by atoms with van der Waals surface area (Å²) in [5, 5.41) is 8.72. The molecule has 0 aromatic heterocycles. The fourth-order valence-electron chi connectivity index (χ4n) is 1.80. The van der Waals surface area contributed by atoms with E-state index in [1.165, 1.54) is 13.2 Å². The van der Waals surface area contributed by atoms with Crippen molar-refractivity contribution in [3.8, 4) is 5.75 Å². The van der Waals surface area contributed by atoms with Crippen LogP contribution in [0.25, 0.3) is 0 Å². The zero-order valence-electron chi connectivity index (χ0n) is 11.5. The molecule has 1 aromatic carbocycles. The number of rotatable bonds is 7. The highest BCUT2D eigenvalue weighted by Crippen LogP contribution is 2.18. The number of nitrogens with zero attached hydrogens (tertiary/aromatic N) is 1. The molecule has 1 rings (SSSR count). The number of ether oxygens (including phenoxy) is 1. The number of halogens is 1. The van der Waals surface area contributed by atoms with Gasteiger partial charge in [-0.25, -0.2) is 4.39 Å². The smallest absolute Gasteiger partial charge is 0.304 e. The quantitative estimate of drug-likeness (QED) is 0.824. The van der Waals surface area contributed by atoms with Gasteiger partial charge in [0, 0.05) is 12.6 Å². The molecule has 1 unspecified atom stereocenters. The van der Waals surface area contributed by atoms with Crippen LogP contribution in [0.5, 0.6) is 5.75 Å². The Bertz CT molecular complexity index is 437. The number of aliphatic carboxylic acids is 1. The number of likely N-dealkylation sites (N-methyl/N-ethyl adjacent to an activating group) is 1. The second-order valence-corrected chi connectivity index (χ2v) is 4.65. The van der Waals surface area contributed by atoms with Gasteiger partial charge in [-0.3, -0.25) is 4.79 Å². The molecule has 0 saturated heterocycles.